The monoisotopic (exact) mass is 358 g/mol. The van der Waals surface area contributed by atoms with Crippen LogP contribution in [-0.4, -0.2) is 56.3 Å². The van der Waals surface area contributed by atoms with Crippen molar-refractivity contribution in [3.63, 3.8) is 0 Å². The second-order valence-corrected chi connectivity index (χ2v) is 7.44. The van der Waals surface area contributed by atoms with Gasteiger partial charge in [0.1, 0.15) is 0 Å². The second-order valence-electron chi connectivity index (χ2n) is 7.44. The van der Waals surface area contributed by atoms with E-state index in [4.69, 9.17) is 14.5 Å². The van der Waals surface area contributed by atoms with E-state index in [1.54, 1.807) is 0 Å². The third-order valence-electron chi connectivity index (χ3n) is 5.24. The fourth-order valence-corrected chi connectivity index (χ4v) is 3.69. The first-order valence-electron chi connectivity index (χ1n) is 10.0. The number of aliphatic imine (C=N–C) groups is 1. The quantitative estimate of drug-likeness (QED) is 0.626. The van der Waals surface area contributed by atoms with Crippen LogP contribution in [0.1, 0.15) is 32.6 Å². The molecular weight excluding hydrogens is 328 g/mol. The molecule has 0 aromatic heterocycles. The van der Waals surface area contributed by atoms with Crippen molar-refractivity contribution in [2.24, 2.45) is 10.9 Å². The Balaban J connectivity index is 1.37. The minimum atomic E-state index is 0.676. The highest BCUT2D eigenvalue weighted by Gasteiger charge is 2.34. The summed E-state index contributed by atoms with van der Waals surface area (Å²) in [4.78, 5) is 7.47. The Kier molecular flexibility index (Phi) is 5.48. The zero-order valence-corrected chi connectivity index (χ0v) is 15.7. The van der Waals surface area contributed by atoms with Crippen molar-refractivity contribution < 1.29 is 9.47 Å². The fraction of sp³-hybridized carbons (Fsp3) is 0.650. The summed E-state index contributed by atoms with van der Waals surface area (Å²) in [5.41, 5.74) is 0.972. The number of hydrogen-bond acceptors (Lipinski definition) is 4. The van der Waals surface area contributed by atoms with E-state index in [0.717, 1.165) is 48.7 Å². The molecule has 142 valence electrons. The Labute approximate surface area is 156 Å². The number of fused-ring (bicyclic) bond motifs is 1. The summed E-state index contributed by atoms with van der Waals surface area (Å²) < 4.78 is 11.5. The van der Waals surface area contributed by atoms with Crippen molar-refractivity contribution >= 4 is 11.6 Å². The molecule has 1 unspecified atom stereocenters. The van der Waals surface area contributed by atoms with Crippen LogP contribution in [0.5, 0.6) is 11.5 Å². The van der Waals surface area contributed by atoms with Gasteiger partial charge in [-0.05, 0) is 50.8 Å². The molecule has 1 aromatic rings. The van der Waals surface area contributed by atoms with Crippen molar-refractivity contribution in [2.45, 2.75) is 38.6 Å². The van der Waals surface area contributed by atoms with Crippen LogP contribution >= 0.6 is 0 Å². The molecule has 0 radical (unpaired) electrons. The predicted molar refractivity (Wildman–Crippen MR) is 104 cm³/mol. The van der Waals surface area contributed by atoms with Crippen LogP contribution in [0.2, 0.25) is 0 Å². The van der Waals surface area contributed by atoms with Crippen LogP contribution in [-0.2, 0) is 0 Å². The molecule has 2 N–H and O–H groups in total. The fourth-order valence-electron chi connectivity index (χ4n) is 3.69. The van der Waals surface area contributed by atoms with Crippen molar-refractivity contribution in [3.05, 3.63) is 18.2 Å². The number of likely N-dealkylation sites (tertiary alicyclic amines) is 1. The van der Waals surface area contributed by atoms with E-state index >= 15 is 0 Å². The van der Waals surface area contributed by atoms with Gasteiger partial charge in [-0.2, -0.15) is 0 Å². The van der Waals surface area contributed by atoms with E-state index in [1.807, 2.05) is 18.2 Å². The molecule has 2 heterocycles. The lowest BCUT2D eigenvalue weighted by atomic mass is 10.1. The highest BCUT2D eigenvalue weighted by Crippen LogP contribution is 2.33. The van der Waals surface area contributed by atoms with Crippen LogP contribution in [0.15, 0.2) is 23.2 Å². The third-order valence-corrected chi connectivity index (χ3v) is 5.24. The Morgan fingerprint density at radius 1 is 1.19 bits per heavy atom. The number of nitrogens with one attached hydrogen (secondary N) is 2. The topological polar surface area (TPSA) is 58.1 Å². The molecule has 1 saturated heterocycles. The summed E-state index contributed by atoms with van der Waals surface area (Å²) in [6.07, 6.45) is 4.97. The maximum Gasteiger partial charge on any atom is 0.195 e. The molecule has 4 rings (SSSR count). The second kappa shape index (κ2) is 8.16. The van der Waals surface area contributed by atoms with E-state index in [-0.39, 0.29) is 0 Å². The van der Waals surface area contributed by atoms with Gasteiger partial charge in [0.2, 0.25) is 0 Å². The smallest absolute Gasteiger partial charge is 0.195 e. The maximum absolute atomic E-state index is 5.78. The molecule has 1 aliphatic carbocycles. The Bertz CT molecular complexity index is 645. The first kappa shape index (κ1) is 17.5. The minimum Gasteiger partial charge on any atom is -0.490 e. The summed E-state index contributed by atoms with van der Waals surface area (Å²) in [6.45, 7) is 7.68. The van der Waals surface area contributed by atoms with Gasteiger partial charge in [-0.1, -0.05) is 0 Å². The van der Waals surface area contributed by atoms with Gasteiger partial charge in [0.25, 0.3) is 0 Å². The Morgan fingerprint density at radius 2 is 2.04 bits per heavy atom. The number of rotatable bonds is 5. The molecule has 1 atom stereocenters. The summed E-state index contributed by atoms with van der Waals surface area (Å²) >= 11 is 0. The molecule has 1 saturated carbocycles. The number of ether oxygens (including phenoxy) is 2. The molecule has 1 aromatic carbocycles. The number of hydrogen-bond donors (Lipinski definition) is 2. The van der Waals surface area contributed by atoms with Crippen LogP contribution in [0.4, 0.5) is 5.69 Å². The first-order valence-corrected chi connectivity index (χ1v) is 10.0. The molecule has 6 heteroatoms. The van der Waals surface area contributed by atoms with Crippen molar-refractivity contribution in [2.75, 3.05) is 44.7 Å². The number of anilines is 1. The van der Waals surface area contributed by atoms with E-state index in [9.17, 15) is 0 Å². The van der Waals surface area contributed by atoms with Crippen LogP contribution in [0.3, 0.4) is 0 Å². The van der Waals surface area contributed by atoms with Crippen molar-refractivity contribution in [1.82, 2.24) is 10.2 Å². The molecular formula is C20H30N4O2. The molecule has 6 nitrogen and oxygen atoms in total. The van der Waals surface area contributed by atoms with E-state index < -0.39 is 0 Å². The number of nitrogens with zero attached hydrogens (tertiary/aromatic N) is 2. The molecule has 26 heavy (non-hydrogen) atoms. The molecule has 3 aliphatic rings. The van der Waals surface area contributed by atoms with Gasteiger partial charge in [0.15, 0.2) is 17.5 Å². The van der Waals surface area contributed by atoms with Gasteiger partial charge in [0.05, 0.1) is 13.2 Å². The SMILES string of the molecule is CCNC(=NCC1CCN(C2CC2)C1)Nc1ccc2c(c1)OCCCO2. The van der Waals surface area contributed by atoms with Gasteiger partial charge in [-0.15, -0.1) is 0 Å². The molecule has 0 spiro atoms. The zero-order valence-electron chi connectivity index (χ0n) is 15.7. The summed E-state index contributed by atoms with van der Waals surface area (Å²) in [5, 5.41) is 6.76. The third kappa shape index (κ3) is 4.41. The maximum atomic E-state index is 5.78. The predicted octanol–water partition coefficient (Wildman–Crippen LogP) is 2.71. The molecule has 2 aliphatic heterocycles. The van der Waals surface area contributed by atoms with Crippen molar-refractivity contribution in [1.29, 1.82) is 0 Å². The summed E-state index contributed by atoms with van der Waals surface area (Å²) in [5.74, 6) is 3.14. The lowest BCUT2D eigenvalue weighted by Crippen LogP contribution is -2.31. The van der Waals surface area contributed by atoms with E-state index in [2.05, 4.69) is 22.5 Å². The van der Waals surface area contributed by atoms with Gasteiger partial charge in [0, 0.05) is 43.9 Å². The number of guanidine groups is 1. The summed E-state index contributed by atoms with van der Waals surface area (Å²) in [6, 6.07) is 6.86. The van der Waals surface area contributed by atoms with Gasteiger partial charge in [-0.25, -0.2) is 0 Å². The first-order chi connectivity index (χ1) is 12.8. The highest BCUT2D eigenvalue weighted by atomic mass is 16.5. The minimum absolute atomic E-state index is 0.676. The van der Waals surface area contributed by atoms with Gasteiger partial charge >= 0.3 is 0 Å². The standard InChI is InChI=1S/C20H30N4O2/c1-2-21-20(22-13-15-8-9-24(14-15)17-5-6-17)23-16-4-7-18-19(12-16)26-11-3-10-25-18/h4,7,12,15,17H,2-3,5-6,8-11,13-14H2,1H3,(H2,21,22,23). The normalized spacial score (nSPS) is 23.6. The Hall–Kier alpha value is -1.95. The zero-order chi connectivity index (χ0) is 17.8. The van der Waals surface area contributed by atoms with E-state index in [1.165, 1.54) is 32.4 Å². The van der Waals surface area contributed by atoms with E-state index in [0.29, 0.717) is 19.1 Å². The largest absolute Gasteiger partial charge is 0.490 e. The highest BCUT2D eigenvalue weighted by molar-refractivity contribution is 5.93. The number of benzene rings is 1. The average Bonchev–Trinajstić information content (AvgIpc) is 3.43. The molecule has 0 bridgehead atoms. The van der Waals surface area contributed by atoms with Crippen molar-refractivity contribution in [3.8, 4) is 11.5 Å². The average molecular weight is 358 g/mol. The molecule has 0 amide bonds. The van der Waals surface area contributed by atoms with Crippen LogP contribution < -0.4 is 20.1 Å². The van der Waals surface area contributed by atoms with Gasteiger partial charge < -0.3 is 25.0 Å². The lowest BCUT2D eigenvalue weighted by molar-refractivity contribution is 0.297. The Morgan fingerprint density at radius 3 is 2.85 bits per heavy atom. The van der Waals surface area contributed by atoms with Crippen LogP contribution in [0.25, 0.3) is 0 Å². The summed E-state index contributed by atoms with van der Waals surface area (Å²) in [7, 11) is 0. The van der Waals surface area contributed by atoms with Crippen LogP contribution in [0, 0.1) is 5.92 Å². The lowest BCUT2D eigenvalue weighted by Gasteiger charge is -2.15. The van der Waals surface area contributed by atoms with Gasteiger partial charge in [-0.3, -0.25) is 4.99 Å². The molecule has 2 fully saturated rings.